The first-order chi connectivity index (χ1) is 9.11. The maximum absolute atomic E-state index is 12.8. The highest BCUT2D eigenvalue weighted by atomic mass is 79.9. The van der Waals surface area contributed by atoms with E-state index in [1.165, 1.54) is 24.3 Å². The van der Waals surface area contributed by atoms with Crippen molar-refractivity contribution in [1.82, 2.24) is 0 Å². The summed E-state index contributed by atoms with van der Waals surface area (Å²) in [5.41, 5.74) is 0.986. The fraction of sp³-hybridized carbons (Fsp3) is 0.133. The van der Waals surface area contributed by atoms with Crippen molar-refractivity contribution in [2.75, 3.05) is 6.61 Å². The smallest absolute Gasteiger partial charge is 0.193 e. The molecular weight excluding hydrogens is 311 g/mol. The lowest BCUT2D eigenvalue weighted by Gasteiger charge is -2.07. The van der Waals surface area contributed by atoms with Crippen LogP contribution in [0.3, 0.4) is 0 Å². The summed E-state index contributed by atoms with van der Waals surface area (Å²) < 4.78 is 18.9. The zero-order valence-corrected chi connectivity index (χ0v) is 11.9. The lowest BCUT2D eigenvalue weighted by atomic mass is 10.0. The minimum absolute atomic E-state index is 0.149. The van der Waals surface area contributed by atoms with E-state index in [-0.39, 0.29) is 11.6 Å². The molecule has 0 atom stereocenters. The van der Waals surface area contributed by atoms with Gasteiger partial charge in [0.15, 0.2) is 5.78 Å². The first-order valence-corrected chi connectivity index (χ1v) is 6.63. The summed E-state index contributed by atoms with van der Waals surface area (Å²) in [5, 5.41) is 0. The molecule has 0 N–H and O–H groups in total. The van der Waals surface area contributed by atoms with E-state index in [1.807, 2.05) is 6.92 Å². The van der Waals surface area contributed by atoms with Crippen LogP contribution in [-0.4, -0.2) is 12.4 Å². The Labute approximate surface area is 119 Å². The Hall–Kier alpha value is -1.68. The van der Waals surface area contributed by atoms with E-state index in [4.69, 9.17) is 4.74 Å². The predicted octanol–water partition coefficient (Wildman–Crippen LogP) is 4.22. The number of carbonyl (C=O) groups excluding carboxylic acids is 1. The summed E-state index contributed by atoms with van der Waals surface area (Å²) in [7, 11) is 0. The number of ether oxygens (including phenoxy) is 1. The average Bonchev–Trinajstić information content (AvgIpc) is 2.41. The molecule has 2 aromatic carbocycles. The number of carbonyl (C=O) groups is 1. The molecule has 4 heteroatoms. The Morgan fingerprint density at radius 2 is 1.79 bits per heavy atom. The summed E-state index contributed by atoms with van der Waals surface area (Å²) >= 11 is 3.36. The second kappa shape index (κ2) is 5.97. The number of benzene rings is 2. The third-order valence-corrected chi connectivity index (χ3v) is 3.22. The summed E-state index contributed by atoms with van der Waals surface area (Å²) in [6, 6.07) is 10.6. The molecule has 0 aliphatic heterocycles. The van der Waals surface area contributed by atoms with Gasteiger partial charge in [0.2, 0.25) is 0 Å². The van der Waals surface area contributed by atoms with Crippen molar-refractivity contribution in [3.8, 4) is 5.75 Å². The van der Waals surface area contributed by atoms with Crippen LogP contribution in [-0.2, 0) is 0 Å². The molecule has 98 valence electrons. The molecule has 0 unspecified atom stereocenters. The average molecular weight is 323 g/mol. The molecule has 0 spiro atoms. The molecule has 0 heterocycles. The maximum atomic E-state index is 12.8. The van der Waals surface area contributed by atoms with Crippen LogP contribution in [0.2, 0.25) is 0 Å². The van der Waals surface area contributed by atoms with Gasteiger partial charge in [-0.25, -0.2) is 4.39 Å². The van der Waals surface area contributed by atoms with Crippen LogP contribution in [0.5, 0.6) is 5.75 Å². The van der Waals surface area contributed by atoms with Gasteiger partial charge in [0.25, 0.3) is 0 Å². The fourth-order valence-electron chi connectivity index (χ4n) is 1.68. The summed E-state index contributed by atoms with van der Waals surface area (Å²) in [6.07, 6.45) is 0. The normalized spacial score (nSPS) is 10.3. The molecule has 0 aliphatic carbocycles. The molecule has 0 saturated carbocycles. The van der Waals surface area contributed by atoms with Crippen molar-refractivity contribution >= 4 is 21.7 Å². The SMILES string of the molecule is CCOc1ccc(C(=O)c2ccc(F)cc2)cc1Br. The standard InChI is InChI=1S/C15H12BrFO2/c1-2-19-14-8-5-11(9-13(14)16)15(18)10-3-6-12(17)7-4-10/h3-9H,2H2,1H3. The molecule has 2 aromatic rings. The quantitative estimate of drug-likeness (QED) is 0.788. The largest absolute Gasteiger partial charge is 0.493 e. The van der Waals surface area contributed by atoms with Gasteiger partial charge in [0.05, 0.1) is 11.1 Å². The Bertz CT molecular complexity index is 594. The van der Waals surface area contributed by atoms with E-state index in [9.17, 15) is 9.18 Å². The lowest BCUT2D eigenvalue weighted by molar-refractivity contribution is 0.103. The second-order valence-corrected chi connectivity index (χ2v) is 4.77. The van der Waals surface area contributed by atoms with Crippen LogP contribution < -0.4 is 4.74 Å². The number of hydrogen-bond donors (Lipinski definition) is 0. The van der Waals surface area contributed by atoms with Crippen molar-refractivity contribution < 1.29 is 13.9 Å². The number of halogens is 2. The molecule has 2 rings (SSSR count). The molecule has 0 bridgehead atoms. The summed E-state index contributed by atoms with van der Waals surface area (Å²) in [5.74, 6) is 0.186. The highest BCUT2D eigenvalue weighted by Crippen LogP contribution is 2.27. The van der Waals surface area contributed by atoms with Crippen LogP contribution in [0.4, 0.5) is 4.39 Å². The first kappa shape index (κ1) is 13.7. The van der Waals surface area contributed by atoms with Gasteiger partial charge in [-0.3, -0.25) is 4.79 Å². The zero-order chi connectivity index (χ0) is 13.8. The molecule has 19 heavy (non-hydrogen) atoms. The Kier molecular flexibility index (Phi) is 4.32. The Balaban J connectivity index is 2.29. The monoisotopic (exact) mass is 322 g/mol. The van der Waals surface area contributed by atoms with Crippen molar-refractivity contribution in [3.63, 3.8) is 0 Å². The van der Waals surface area contributed by atoms with Crippen LogP contribution in [0, 0.1) is 5.82 Å². The number of rotatable bonds is 4. The van der Waals surface area contributed by atoms with Crippen LogP contribution in [0.25, 0.3) is 0 Å². The predicted molar refractivity (Wildman–Crippen MR) is 75.1 cm³/mol. The van der Waals surface area contributed by atoms with Gasteiger partial charge < -0.3 is 4.74 Å². The van der Waals surface area contributed by atoms with E-state index in [0.29, 0.717) is 23.5 Å². The highest BCUT2D eigenvalue weighted by Gasteiger charge is 2.11. The first-order valence-electron chi connectivity index (χ1n) is 5.84. The third-order valence-electron chi connectivity index (χ3n) is 2.60. The topological polar surface area (TPSA) is 26.3 Å². The fourth-order valence-corrected chi connectivity index (χ4v) is 2.18. The van der Waals surface area contributed by atoms with Gasteiger partial charge in [-0.1, -0.05) is 0 Å². The van der Waals surface area contributed by atoms with E-state index < -0.39 is 0 Å². The molecule has 0 saturated heterocycles. The van der Waals surface area contributed by atoms with Crippen molar-refractivity contribution in [2.24, 2.45) is 0 Å². The Morgan fingerprint density at radius 1 is 1.16 bits per heavy atom. The number of ketones is 1. The van der Waals surface area contributed by atoms with Gasteiger partial charge in [-0.05, 0) is 65.3 Å². The molecule has 0 radical (unpaired) electrons. The van der Waals surface area contributed by atoms with Crippen molar-refractivity contribution in [3.05, 3.63) is 63.9 Å². The van der Waals surface area contributed by atoms with Gasteiger partial charge in [-0.2, -0.15) is 0 Å². The maximum Gasteiger partial charge on any atom is 0.193 e. The molecule has 0 fully saturated rings. The summed E-state index contributed by atoms with van der Waals surface area (Å²) in [4.78, 5) is 12.2. The lowest BCUT2D eigenvalue weighted by Crippen LogP contribution is -2.02. The van der Waals surface area contributed by atoms with Crippen LogP contribution in [0.1, 0.15) is 22.8 Å². The van der Waals surface area contributed by atoms with Crippen molar-refractivity contribution in [1.29, 1.82) is 0 Å². The minimum atomic E-state index is -0.357. The van der Waals surface area contributed by atoms with Gasteiger partial charge in [-0.15, -0.1) is 0 Å². The van der Waals surface area contributed by atoms with Gasteiger partial charge >= 0.3 is 0 Å². The van der Waals surface area contributed by atoms with Gasteiger partial charge in [0.1, 0.15) is 11.6 Å². The second-order valence-electron chi connectivity index (χ2n) is 3.91. The van der Waals surface area contributed by atoms with E-state index >= 15 is 0 Å². The van der Waals surface area contributed by atoms with E-state index in [0.717, 1.165) is 4.47 Å². The Morgan fingerprint density at radius 3 is 2.37 bits per heavy atom. The van der Waals surface area contributed by atoms with E-state index in [1.54, 1.807) is 18.2 Å². The van der Waals surface area contributed by atoms with Crippen LogP contribution in [0.15, 0.2) is 46.9 Å². The molecular formula is C15H12BrFO2. The van der Waals surface area contributed by atoms with E-state index in [2.05, 4.69) is 15.9 Å². The minimum Gasteiger partial charge on any atom is -0.493 e. The number of hydrogen-bond acceptors (Lipinski definition) is 2. The zero-order valence-electron chi connectivity index (χ0n) is 10.3. The molecule has 2 nitrogen and oxygen atoms in total. The molecule has 0 aliphatic rings. The van der Waals surface area contributed by atoms with Crippen molar-refractivity contribution in [2.45, 2.75) is 6.92 Å². The van der Waals surface area contributed by atoms with Crippen LogP contribution >= 0.6 is 15.9 Å². The third kappa shape index (κ3) is 3.20. The molecule has 0 aromatic heterocycles. The molecule has 0 amide bonds. The van der Waals surface area contributed by atoms with Gasteiger partial charge in [0, 0.05) is 11.1 Å². The highest BCUT2D eigenvalue weighted by molar-refractivity contribution is 9.10. The summed E-state index contributed by atoms with van der Waals surface area (Å²) in [6.45, 7) is 2.45.